The minimum absolute atomic E-state index is 0.306. The maximum Gasteiger partial charge on any atom is 0.329 e. The minimum atomic E-state index is -1.09. The van der Waals surface area contributed by atoms with Gasteiger partial charge >= 0.3 is 5.97 Å². The lowest BCUT2D eigenvalue weighted by molar-refractivity contribution is -0.148. The van der Waals surface area contributed by atoms with Crippen LogP contribution in [0.1, 0.15) is 34.5 Å². The van der Waals surface area contributed by atoms with E-state index in [-0.39, 0.29) is 5.91 Å². The molecule has 6 heteroatoms. The summed E-state index contributed by atoms with van der Waals surface area (Å²) in [5, 5.41) is 13.0. The van der Waals surface area contributed by atoms with E-state index in [1.807, 2.05) is 25.1 Å². The summed E-state index contributed by atoms with van der Waals surface area (Å²) >= 11 is 1.38. The van der Waals surface area contributed by atoms with Crippen LogP contribution in [-0.4, -0.2) is 29.6 Å². The lowest BCUT2D eigenvalue weighted by Gasteiger charge is -2.38. The minimum Gasteiger partial charge on any atom is -0.497 e. The third kappa shape index (κ3) is 2.23. The fraction of sp³-hybridized carbons (Fsp3) is 0.375. The average molecular weight is 319 g/mol. The molecule has 1 heterocycles. The zero-order chi connectivity index (χ0) is 15.9. The Morgan fingerprint density at radius 2 is 2.09 bits per heavy atom. The maximum absolute atomic E-state index is 12.5. The van der Waals surface area contributed by atoms with Crippen LogP contribution >= 0.6 is 11.3 Å². The van der Waals surface area contributed by atoms with Crippen molar-refractivity contribution in [3.8, 4) is 5.75 Å². The molecule has 0 unspecified atom stereocenters. The van der Waals surface area contributed by atoms with Gasteiger partial charge in [0, 0.05) is 4.70 Å². The highest BCUT2D eigenvalue weighted by Gasteiger charge is 2.46. The van der Waals surface area contributed by atoms with E-state index in [2.05, 4.69) is 5.32 Å². The molecule has 1 aromatic heterocycles. The van der Waals surface area contributed by atoms with Gasteiger partial charge in [-0.05, 0) is 55.3 Å². The summed E-state index contributed by atoms with van der Waals surface area (Å²) in [6.45, 7) is 1.88. The number of fused-ring (bicyclic) bond motifs is 1. The van der Waals surface area contributed by atoms with Crippen LogP contribution < -0.4 is 10.1 Å². The molecular weight excluding hydrogens is 302 g/mol. The number of ether oxygens (including phenoxy) is 1. The van der Waals surface area contributed by atoms with E-state index in [9.17, 15) is 14.7 Å². The molecule has 116 valence electrons. The van der Waals surface area contributed by atoms with E-state index in [0.717, 1.165) is 27.8 Å². The molecule has 2 aromatic rings. The molecule has 1 fully saturated rings. The van der Waals surface area contributed by atoms with Crippen LogP contribution in [0.15, 0.2) is 18.2 Å². The summed E-state index contributed by atoms with van der Waals surface area (Å²) < 4.78 is 6.20. The first-order valence-electron chi connectivity index (χ1n) is 7.10. The Hall–Kier alpha value is -2.08. The second-order valence-corrected chi connectivity index (χ2v) is 6.67. The predicted molar refractivity (Wildman–Crippen MR) is 84.8 cm³/mol. The van der Waals surface area contributed by atoms with Crippen LogP contribution in [0, 0.1) is 6.92 Å². The van der Waals surface area contributed by atoms with Gasteiger partial charge in [0.25, 0.3) is 5.91 Å². The number of hydrogen-bond acceptors (Lipinski definition) is 4. The number of carbonyl (C=O) groups excluding carboxylic acids is 1. The Labute approximate surface area is 131 Å². The van der Waals surface area contributed by atoms with E-state index in [1.54, 1.807) is 7.11 Å². The average Bonchev–Trinajstić information content (AvgIpc) is 2.79. The lowest BCUT2D eigenvalue weighted by atomic mass is 9.76. The summed E-state index contributed by atoms with van der Waals surface area (Å²) in [6.07, 6.45) is 1.81. The highest BCUT2D eigenvalue weighted by molar-refractivity contribution is 7.21. The molecule has 0 bridgehead atoms. The van der Waals surface area contributed by atoms with Crippen molar-refractivity contribution in [1.82, 2.24) is 5.32 Å². The summed E-state index contributed by atoms with van der Waals surface area (Å²) in [7, 11) is 1.60. The molecule has 22 heavy (non-hydrogen) atoms. The number of rotatable bonds is 4. The van der Waals surface area contributed by atoms with Gasteiger partial charge in [0.15, 0.2) is 0 Å². The molecule has 3 rings (SSSR count). The van der Waals surface area contributed by atoms with Crippen LogP contribution in [0.5, 0.6) is 5.75 Å². The van der Waals surface area contributed by atoms with Crippen LogP contribution in [0.2, 0.25) is 0 Å². The van der Waals surface area contributed by atoms with Crippen molar-refractivity contribution < 1.29 is 19.4 Å². The number of carbonyl (C=O) groups is 2. The van der Waals surface area contributed by atoms with Gasteiger partial charge < -0.3 is 15.2 Å². The Morgan fingerprint density at radius 3 is 2.64 bits per heavy atom. The lowest BCUT2D eigenvalue weighted by Crippen LogP contribution is -2.59. The Balaban J connectivity index is 1.94. The number of nitrogens with one attached hydrogen (secondary N) is 1. The van der Waals surface area contributed by atoms with Crippen LogP contribution in [-0.2, 0) is 4.79 Å². The van der Waals surface area contributed by atoms with Gasteiger partial charge in [-0.15, -0.1) is 11.3 Å². The first-order valence-corrected chi connectivity index (χ1v) is 7.91. The van der Waals surface area contributed by atoms with Gasteiger partial charge in [-0.3, -0.25) is 4.79 Å². The monoisotopic (exact) mass is 319 g/mol. The highest BCUT2D eigenvalue weighted by Crippen LogP contribution is 2.36. The fourth-order valence-electron chi connectivity index (χ4n) is 2.74. The van der Waals surface area contributed by atoms with E-state index in [4.69, 9.17) is 4.74 Å². The molecule has 0 radical (unpaired) electrons. The van der Waals surface area contributed by atoms with Gasteiger partial charge in [-0.2, -0.15) is 0 Å². The first-order chi connectivity index (χ1) is 10.5. The number of amides is 1. The van der Waals surface area contributed by atoms with Crippen molar-refractivity contribution in [2.24, 2.45) is 0 Å². The molecule has 1 aliphatic carbocycles. The molecule has 5 nitrogen and oxygen atoms in total. The van der Waals surface area contributed by atoms with Crippen molar-refractivity contribution in [2.45, 2.75) is 31.7 Å². The van der Waals surface area contributed by atoms with Gasteiger partial charge in [0.1, 0.15) is 11.3 Å². The third-order valence-corrected chi connectivity index (χ3v) is 5.59. The van der Waals surface area contributed by atoms with E-state index >= 15 is 0 Å². The Morgan fingerprint density at radius 1 is 1.36 bits per heavy atom. The third-order valence-electron chi connectivity index (χ3n) is 4.32. The Kier molecular flexibility index (Phi) is 3.56. The number of aliphatic carboxylic acids is 1. The van der Waals surface area contributed by atoms with Gasteiger partial charge in [-0.25, -0.2) is 4.79 Å². The first kappa shape index (κ1) is 14.8. The standard InChI is InChI=1S/C16H17NO4S/c1-9-11-8-10(21-2)4-5-12(11)22-13(9)14(18)17-16(15(19)20)6-3-7-16/h4-5,8H,3,6-7H2,1-2H3,(H,17,18)(H,19,20). The number of carboxylic acid groups (broad SMARTS) is 1. The van der Waals surface area contributed by atoms with E-state index < -0.39 is 11.5 Å². The number of methoxy groups -OCH3 is 1. The molecular formula is C16H17NO4S. The summed E-state index contributed by atoms with van der Waals surface area (Å²) in [5.41, 5.74) is -0.228. The quantitative estimate of drug-likeness (QED) is 0.908. The SMILES string of the molecule is COc1ccc2sc(C(=O)NC3(C(=O)O)CCC3)c(C)c2c1. The van der Waals surface area contributed by atoms with Gasteiger partial charge in [-0.1, -0.05) is 0 Å². The van der Waals surface area contributed by atoms with Crippen molar-refractivity contribution in [1.29, 1.82) is 0 Å². The highest BCUT2D eigenvalue weighted by atomic mass is 32.1. The molecule has 1 saturated carbocycles. The predicted octanol–water partition coefficient (Wildman–Crippen LogP) is 2.96. The number of aryl methyl sites for hydroxylation is 1. The van der Waals surface area contributed by atoms with Gasteiger partial charge in [0.05, 0.1) is 12.0 Å². The molecule has 0 aliphatic heterocycles. The normalized spacial score (nSPS) is 16.1. The van der Waals surface area contributed by atoms with Crippen LogP contribution in [0.3, 0.4) is 0 Å². The zero-order valence-corrected chi connectivity index (χ0v) is 13.3. The van der Waals surface area contributed by atoms with Crippen LogP contribution in [0.4, 0.5) is 0 Å². The maximum atomic E-state index is 12.5. The second kappa shape index (κ2) is 5.28. The topological polar surface area (TPSA) is 75.6 Å². The summed E-state index contributed by atoms with van der Waals surface area (Å²) in [4.78, 5) is 24.5. The Bertz CT molecular complexity index is 761. The molecule has 1 aliphatic rings. The molecule has 0 saturated heterocycles. The number of carboxylic acids is 1. The fourth-order valence-corrected chi connectivity index (χ4v) is 3.83. The summed E-state index contributed by atoms with van der Waals surface area (Å²) in [6, 6.07) is 5.66. The number of benzene rings is 1. The molecule has 0 atom stereocenters. The van der Waals surface area contributed by atoms with Crippen molar-refractivity contribution >= 4 is 33.3 Å². The van der Waals surface area contributed by atoms with Crippen molar-refractivity contribution in [2.75, 3.05) is 7.11 Å². The second-order valence-electron chi connectivity index (χ2n) is 5.61. The van der Waals surface area contributed by atoms with E-state index in [1.165, 1.54) is 11.3 Å². The smallest absolute Gasteiger partial charge is 0.329 e. The number of thiophene rings is 1. The van der Waals surface area contributed by atoms with Crippen LogP contribution in [0.25, 0.3) is 10.1 Å². The molecule has 1 aromatic carbocycles. The van der Waals surface area contributed by atoms with Gasteiger partial charge in [0.2, 0.25) is 0 Å². The molecule has 1 amide bonds. The largest absolute Gasteiger partial charge is 0.497 e. The van der Waals surface area contributed by atoms with Crippen molar-refractivity contribution in [3.05, 3.63) is 28.6 Å². The molecule has 2 N–H and O–H groups in total. The molecule has 0 spiro atoms. The number of hydrogen-bond donors (Lipinski definition) is 2. The summed E-state index contributed by atoms with van der Waals surface area (Å²) in [5.74, 6) is -0.520. The zero-order valence-electron chi connectivity index (χ0n) is 12.4. The van der Waals surface area contributed by atoms with E-state index in [0.29, 0.717) is 17.7 Å². The van der Waals surface area contributed by atoms with Crippen molar-refractivity contribution in [3.63, 3.8) is 0 Å².